The lowest BCUT2D eigenvalue weighted by molar-refractivity contribution is 0.660. The molecule has 0 amide bonds. The zero-order chi connectivity index (χ0) is 35.0. The highest BCUT2D eigenvalue weighted by Gasteiger charge is 2.36. The number of nitrogens with zero attached hydrogens (tertiary/aromatic N) is 1. The molecule has 1 aliphatic rings. The van der Waals surface area contributed by atoms with Gasteiger partial charge < -0.3 is 9.32 Å². The first kappa shape index (κ1) is 29.6. The van der Waals surface area contributed by atoms with Crippen LogP contribution in [0.5, 0.6) is 0 Å². The van der Waals surface area contributed by atoms with Crippen molar-refractivity contribution in [3.63, 3.8) is 0 Å². The molecule has 0 fully saturated rings. The van der Waals surface area contributed by atoms with Gasteiger partial charge in [-0.1, -0.05) is 105 Å². The Bertz CT molecular complexity index is 3340. The Morgan fingerprint density at radius 2 is 1.17 bits per heavy atom. The van der Waals surface area contributed by atoms with Gasteiger partial charge in [-0.25, -0.2) is 0 Å². The molecule has 0 aliphatic heterocycles. The number of fused-ring (bicyclic) bond motifs is 15. The summed E-state index contributed by atoms with van der Waals surface area (Å²) in [6, 6.07) is 56.1. The number of hydrogen-bond donors (Lipinski definition) is 0. The highest BCUT2D eigenvalue weighted by molar-refractivity contribution is 7.26. The molecule has 12 rings (SSSR count). The highest BCUT2D eigenvalue weighted by atomic mass is 32.1. The molecule has 0 radical (unpaired) electrons. The molecule has 3 heterocycles. The van der Waals surface area contributed by atoms with Gasteiger partial charge in [0.1, 0.15) is 11.2 Å². The van der Waals surface area contributed by atoms with Crippen LogP contribution in [-0.2, 0) is 5.41 Å². The summed E-state index contributed by atoms with van der Waals surface area (Å²) in [5.41, 5.74) is 10.6. The van der Waals surface area contributed by atoms with Gasteiger partial charge in [0.15, 0.2) is 0 Å². The van der Waals surface area contributed by atoms with Crippen LogP contribution in [0.2, 0.25) is 0 Å². The zero-order valence-electron chi connectivity index (χ0n) is 29.1. The molecule has 0 N–H and O–H groups in total. The lowest BCUT2D eigenvalue weighted by atomic mass is 9.82. The summed E-state index contributed by atoms with van der Waals surface area (Å²) in [5.74, 6) is 0. The van der Waals surface area contributed by atoms with Crippen LogP contribution in [0, 0.1) is 0 Å². The summed E-state index contributed by atoms with van der Waals surface area (Å²) in [7, 11) is 0. The van der Waals surface area contributed by atoms with E-state index in [0.717, 1.165) is 33.6 Å². The first-order valence-electron chi connectivity index (χ1n) is 18.2. The van der Waals surface area contributed by atoms with Gasteiger partial charge in [-0.3, -0.25) is 0 Å². The van der Waals surface area contributed by atoms with Crippen molar-refractivity contribution in [2.75, 3.05) is 4.90 Å². The summed E-state index contributed by atoms with van der Waals surface area (Å²) >= 11 is 3.71. The molecule has 3 aromatic heterocycles. The molecule has 0 bridgehead atoms. The van der Waals surface area contributed by atoms with Crippen molar-refractivity contribution in [1.29, 1.82) is 0 Å². The number of anilines is 3. The average molecular weight is 714 g/mol. The van der Waals surface area contributed by atoms with E-state index in [0.29, 0.717) is 0 Å². The molecule has 2 nitrogen and oxygen atoms in total. The van der Waals surface area contributed by atoms with Crippen molar-refractivity contribution in [3.8, 4) is 11.1 Å². The number of benzene rings is 8. The molecular weight excluding hydrogens is 683 g/mol. The van der Waals surface area contributed by atoms with Crippen LogP contribution in [0.1, 0.15) is 25.0 Å². The number of thiophene rings is 2. The van der Waals surface area contributed by atoms with Gasteiger partial charge in [0, 0.05) is 67.9 Å². The summed E-state index contributed by atoms with van der Waals surface area (Å²) in [5, 5.41) is 9.81. The second kappa shape index (κ2) is 10.6. The SMILES string of the molecule is CC1(C)c2ccccc2-c2ccc(N(c3ccc4c(c3)sc3ccccc34)c3cccc4sc5ccc6c(oc7ccc8ccccc8c76)c5c34)cc21. The fraction of sp³-hybridized carbons (Fsp3) is 0.0612. The van der Waals surface area contributed by atoms with E-state index in [2.05, 4.69) is 170 Å². The molecule has 0 saturated heterocycles. The molecular formula is C49H31NOS2. The van der Waals surface area contributed by atoms with E-state index in [1.807, 2.05) is 22.7 Å². The van der Waals surface area contributed by atoms with E-state index in [1.54, 1.807) is 0 Å². The van der Waals surface area contributed by atoms with Crippen molar-refractivity contribution >= 4 is 113 Å². The number of hydrogen-bond acceptors (Lipinski definition) is 4. The predicted octanol–water partition coefficient (Wildman–Crippen LogP) is 15.3. The van der Waals surface area contributed by atoms with Crippen molar-refractivity contribution < 1.29 is 4.42 Å². The van der Waals surface area contributed by atoms with Gasteiger partial charge in [0.05, 0.1) is 5.69 Å². The maximum Gasteiger partial charge on any atom is 0.144 e. The van der Waals surface area contributed by atoms with Crippen molar-refractivity contribution in [2.45, 2.75) is 19.3 Å². The average Bonchev–Trinajstić information content (AvgIpc) is 3.93. The van der Waals surface area contributed by atoms with E-state index < -0.39 is 0 Å². The lowest BCUT2D eigenvalue weighted by Gasteiger charge is -2.29. The molecule has 8 aromatic carbocycles. The zero-order valence-corrected chi connectivity index (χ0v) is 30.7. The first-order valence-corrected chi connectivity index (χ1v) is 19.8. The van der Waals surface area contributed by atoms with Crippen LogP contribution >= 0.6 is 22.7 Å². The molecule has 0 saturated carbocycles. The number of rotatable bonds is 3. The van der Waals surface area contributed by atoms with Crippen LogP contribution < -0.4 is 4.90 Å². The second-order valence-electron chi connectivity index (χ2n) is 14.8. The fourth-order valence-corrected chi connectivity index (χ4v) is 11.5. The summed E-state index contributed by atoms with van der Waals surface area (Å²) in [6.07, 6.45) is 0. The first-order chi connectivity index (χ1) is 26.0. The Morgan fingerprint density at radius 1 is 0.472 bits per heavy atom. The van der Waals surface area contributed by atoms with Crippen LogP contribution in [0.3, 0.4) is 0 Å². The maximum atomic E-state index is 6.89. The standard InChI is InChI=1S/C49H31NOS2/c1-49(2)37-14-7-5-12-32(37)33-21-19-29(26-38(33)49)50(30-20-22-35-34-13-6-8-16-41(34)52-44(35)27-30)39-15-9-17-42-46(39)47-43(53-42)25-23-36-45-31-11-4-3-10-28(31)18-24-40(45)51-48(36)47/h3-27H,1-2H3. The fourth-order valence-electron chi connectivity index (χ4n) is 9.19. The van der Waals surface area contributed by atoms with Crippen molar-refractivity contribution in [2.24, 2.45) is 0 Å². The van der Waals surface area contributed by atoms with Gasteiger partial charge in [0.25, 0.3) is 0 Å². The monoisotopic (exact) mass is 713 g/mol. The van der Waals surface area contributed by atoms with Gasteiger partial charge in [-0.2, -0.15) is 0 Å². The summed E-state index contributed by atoms with van der Waals surface area (Å²) in [6.45, 7) is 4.73. The van der Waals surface area contributed by atoms with Gasteiger partial charge in [0.2, 0.25) is 0 Å². The summed E-state index contributed by atoms with van der Waals surface area (Å²) in [4.78, 5) is 2.49. The third kappa shape index (κ3) is 4.02. The van der Waals surface area contributed by atoms with E-state index in [4.69, 9.17) is 4.42 Å². The van der Waals surface area contributed by atoms with Crippen LogP contribution in [0.15, 0.2) is 156 Å². The van der Waals surface area contributed by atoms with Gasteiger partial charge in [-0.15, -0.1) is 22.7 Å². The number of furan rings is 1. The Balaban J connectivity index is 1.17. The minimum atomic E-state index is -0.118. The molecule has 250 valence electrons. The predicted molar refractivity (Wildman–Crippen MR) is 229 cm³/mol. The lowest BCUT2D eigenvalue weighted by Crippen LogP contribution is -2.16. The van der Waals surface area contributed by atoms with E-state index in [1.165, 1.54) is 78.8 Å². The van der Waals surface area contributed by atoms with Crippen LogP contribution in [0.4, 0.5) is 17.1 Å². The van der Waals surface area contributed by atoms with Gasteiger partial charge in [-0.05, 0) is 93.7 Å². The van der Waals surface area contributed by atoms with E-state index in [9.17, 15) is 0 Å². The molecule has 0 atom stereocenters. The van der Waals surface area contributed by atoms with Crippen LogP contribution in [0.25, 0.3) is 84.2 Å². The van der Waals surface area contributed by atoms with Crippen molar-refractivity contribution in [3.05, 3.63) is 163 Å². The quantitative estimate of drug-likeness (QED) is 0.181. The largest absolute Gasteiger partial charge is 0.455 e. The van der Waals surface area contributed by atoms with Gasteiger partial charge >= 0.3 is 0 Å². The van der Waals surface area contributed by atoms with Crippen LogP contribution in [-0.4, -0.2) is 0 Å². The Kier molecular flexibility index (Phi) is 5.91. The Morgan fingerprint density at radius 3 is 2.11 bits per heavy atom. The normalized spacial score (nSPS) is 13.6. The second-order valence-corrected chi connectivity index (χ2v) is 17.0. The molecule has 0 spiro atoms. The smallest absolute Gasteiger partial charge is 0.144 e. The van der Waals surface area contributed by atoms with E-state index >= 15 is 0 Å². The molecule has 11 aromatic rings. The molecule has 0 unspecified atom stereocenters. The van der Waals surface area contributed by atoms with Crippen molar-refractivity contribution in [1.82, 2.24) is 0 Å². The third-order valence-corrected chi connectivity index (χ3v) is 13.9. The van der Waals surface area contributed by atoms with E-state index in [-0.39, 0.29) is 5.41 Å². The Hall–Kier alpha value is -5.94. The highest BCUT2D eigenvalue weighted by Crippen LogP contribution is 2.53. The molecule has 1 aliphatic carbocycles. The topological polar surface area (TPSA) is 16.4 Å². The minimum absolute atomic E-state index is 0.118. The Labute approximate surface area is 313 Å². The summed E-state index contributed by atoms with van der Waals surface area (Å²) < 4.78 is 12.0. The molecule has 53 heavy (non-hydrogen) atoms. The minimum Gasteiger partial charge on any atom is -0.455 e. The third-order valence-electron chi connectivity index (χ3n) is 11.7. The molecule has 4 heteroatoms. The maximum absolute atomic E-state index is 6.89.